The molecule has 0 saturated carbocycles. The summed E-state index contributed by atoms with van der Waals surface area (Å²) >= 11 is 0. The van der Waals surface area contributed by atoms with Crippen LogP contribution in [-0.2, 0) is 6.54 Å². The lowest BCUT2D eigenvalue weighted by Crippen LogP contribution is -2.22. The maximum atomic E-state index is 6.04. The molecule has 0 spiro atoms. The van der Waals surface area contributed by atoms with E-state index in [4.69, 9.17) is 10.5 Å². The van der Waals surface area contributed by atoms with Crippen molar-refractivity contribution in [2.75, 3.05) is 5.32 Å². The van der Waals surface area contributed by atoms with Crippen molar-refractivity contribution in [3.63, 3.8) is 0 Å². The second-order valence-electron chi connectivity index (χ2n) is 6.42. The molecule has 0 saturated heterocycles. The molecule has 28 heavy (non-hydrogen) atoms. The van der Waals surface area contributed by atoms with Crippen molar-refractivity contribution >= 4 is 22.7 Å². The highest BCUT2D eigenvalue weighted by atomic mass is 16.5. The summed E-state index contributed by atoms with van der Waals surface area (Å²) < 4.78 is 5.84. The second-order valence-corrected chi connectivity index (χ2v) is 6.42. The van der Waals surface area contributed by atoms with Crippen LogP contribution in [0.15, 0.2) is 77.8 Å². The topological polar surface area (TPSA) is 88.3 Å². The van der Waals surface area contributed by atoms with E-state index in [1.54, 1.807) is 0 Å². The number of aliphatic imine (C=N–C) groups is 1. The predicted octanol–water partition coefficient (Wildman–Crippen LogP) is 4.59. The number of imidazole rings is 1. The number of hydrogen-bond acceptors (Lipinski definition) is 3. The van der Waals surface area contributed by atoms with E-state index in [0.717, 1.165) is 39.6 Å². The smallest absolute Gasteiger partial charge is 0.193 e. The summed E-state index contributed by atoms with van der Waals surface area (Å²) in [5, 5.41) is 3.09. The molecule has 1 aromatic heterocycles. The van der Waals surface area contributed by atoms with Crippen molar-refractivity contribution < 1.29 is 4.74 Å². The summed E-state index contributed by atoms with van der Waals surface area (Å²) in [5.41, 5.74) is 9.93. The van der Waals surface area contributed by atoms with Gasteiger partial charge in [0.15, 0.2) is 5.96 Å². The van der Waals surface area contributed by atoms with E-state index >= 15 is 0 Å². The Morgan fingerprint density at radius 3 is 2.64 bits per heavy atom. The fourth-order valence-electron chi connectivity index (χ4n) is 2.91. The first kappa shape index (κ1) is 17.6. The molecule has 3 aromatic carbocycles. The van der Waals surface area contributed by atoms with E-state index < -0.39 is 0 Å². The van der Waals surface area contributed by atoms with Gasteiger partial charge in [-0.05, 0) is 42.8 Å². The van der Waals surface area contributed by atoms with Crippen LogP contribution in [-0.4, -0.2) is 15.9 Å². The molecule has 140 valence electrons. The fraction of sp³-hybridized carbons (Fsp3) is 0.0909. The molecule has 1 heterocycles. The maximum Gasteiger partial charge on any atom is 0.193 e. The first-order chi connectivity index (χ1) is 13.7. The van der Waals surface area contributed by atoms with E-state index in [0.29, 0.717) is 12.5 Å². The van der Waals surface area contributed by atoms with Gasteiger partial charge in [0.25, 0.3) is 0 Å². The van der Waals surface area contributed by atoms with Crippen molar-refractivity contribution in [2.24, 2.45) is 10.7 Å². The monoisotopic (exact) mass is 371 g/mol. The SMILES string of the molecule is Cc1cccc2[nH]c(CN=C(N)Nc3cccc(Oc4ccccc4)c3)nc12. The number of benzene rings is 3. The van der Waals surface area contributed by atoms with Crippen LogP contribution in [0.2, 0.25) is 0 Å². The molecular weight excluding hydrogens is 350 g/mol. The van der Waals surface area contributed by atoms with Gasteiger partial charge in [0, 0.05) is 11.8 Å². The van der Waals surface area contributed by atoms with Gasteiger partial charge in [-0.3, -0.25) is 0 Å². The Balaban J connectivity index is 1.43. The zero-order valence-corrected chi connectivity index (χ0v) is 15.5. The minimum Gasteiger partial charge on any atom is -0.457 e. The minimum absolute atomic E-state index is 0.314. The highest BCUT2D eigenvalue weighted by Gasteiger charge is 2.05. The number of para-hydroxylation sites is 2. The molecule has 4 rings (SSSR count). The molecule has 6 nitrogen and oxygen atoms in total. The van der Waals surface area contributed by atoms with Crippen LogP contribution in [0.3, 0.4) is 0 Å². The lowest BCUT2D eigenvalue weighted by molar-refractivity contribution is 0.483. The number of rotatable bonds is 5. The molecule has 0 bridgehead atoms. The van der Waals surface area contributed by atoms with Gasteiger partial charge in [0.05, 0.1) is 11.0 Å². The molecule has 0 atom stereocenters. The van der Waals surface area contributed by atoms with E-state index in [-0.39, 0.29) is 0 Å². The van der Waals surface area contributed by atoms with Gasteiger partial charge < -0.3 is 20.8 Å². The number of fused-ring (bicyclic) bond motifs is 1. The zero-order valence-electron chi connectivity index (χ0n) is 15.5. The third-order valence-corrected chi connectivity index (χ3v) is 4.25. The number of aryl methyl sites for hydroxylation is 1. The third-order valence-electron chi connectivity index (χ3n) is 4.25. The summed E-state index contributed by atoms with van der Waals surface area (Å²) in [6.45, 7) is 2.41. The molecule has 0 amide bonds. The lowest BCUT2D eigenvalue weighted by Gasteiger charge is -2.09. The van der Waals surface area contributed by atoms with Crippen molar-refractivity contribution in [3.8, 4) is 11.5 Å². The zero-order chi connectivity index (χ0) is 19.3. The molecule has 6 heteroatoms. The number of nitrogens with zero attached hydrogens (tertiary/aromatic N) is 2. The summed E-state index contributed by atoms with van der Waals surface area (Å²) in [5.74, 6) is 2.59. The Morgan fingerprint density at radius 2 is 1.82 bits per heavy atom. The Labute approximate surface area is 163 Å². The van der Waals surface area contributed by atoms with Gasteiger partial charge >= 0.3 is 0 Å². The Morgan fingerprint density at radius 1 is 1.04 bits per heavy atom. The van der Waals surface area contributed by atoms with Crippen LogP contribution in [0.5, 0.6) is 11.5 Å². The quantitative estimate of drug-likeness (QED) is 0.354. The first-order valence-corrected chi connectivity index (χ1v) is 9.01. The standard InChI is InChI=1S/C22H21N5O/c1-15-7-5-12-19-21(15)27-20(26-19)14-24-22(23)25-16-8-6-11-18(13-16)28-17-9-3-2-4-10-17/h2-13H,14H2,1H3,(H,26,27)(H3,23,24,25). The van der Waals surface area contributed by atoms with E-state index in [1.807, 2.05) is 79.7 Å². The van der Waals surface area contributed by atoms with Gasteiger partial charge in [-0.2, -0.15) is 0 Å². The maximum absolute atomic E-state index is 6.04. The summed E-state index contributed by atoms with van der Waals surface area (Å²) in [4.78, 5) is 12.2. The number of anilines is 1. The van der Waals surface area contributed by atoms with Crippen molar-refractivity contribution in [1.29, 1.82) is 0 Å². The van der Waals surface area contributed by atoms with Gasteiger partial charge in [0.1, 0.15) is 23.9 Å². The number of nitrogens with one attached hydrogen (secondary N) is 2. The fourth-order valence-corrected chi connectivity index (χ4v) is 2.91. The molecular formula is C22H21N5O. The van der Waals surface area contributed by atoms with E-state index in [2.05, 4.69) is 20.3 Å². The lowest BCUT2D eigenvalue weighted by atomic mass is 10.2. The predicted molar refractivity (Wildman–Crippen MR) is 113 cm³/mol. The molecule has 0 radical (unpaired) electrons. The van der Waals surface area contributed by atoms with Gasteiger partial charge in [0.2, 0.25) is 0 Å². The summed E-state index contributed by atoms with van der Waals surface area (Å²) in [6.07, 6.45) is 0. The molecule has 4 N–H and O–H groups in total. The van der Waals surface area contributed by atoms with Crippen LogP contribution in [0.25, 0.3) is 11.0 Å². The van der Waals surface area contributed by atoms with Crippen LogP contribution in [0.4, 0.5) is 5.69 Å². The van der Waals surface area contributed by atoms with Crippen LogP contribution < -0.4 is 15.8 Å². The highest BCUT2D eigenvalue weighted by molar-refractivity contribution is 5.92. The van der Waals surface area contributed by atoms with Gasteiger partial charge in [-0.15, -0.1) is 0 Å². The number of H-pyrrole nitrogens is 1. The molecule has 0 fully saturated rings. The second kappa shape index (κ2) is 7.84. The number of ether oxygens (including phenoxy) is 1. The normalized spacial score (nSPS) is 11.5. The number of hydrogen-bond donors (Lipinski definition) is 3. The Bertz CT molecular complexity index is 1120. The Hall–Kier alpha value is -3.80. The van der Waals surface area contributed by atoms with Gasteiger partial charge in [-0.25, -0.2) is 9.98 Å². The number of nitrogens with two attached hydrogens (primary N) is 1. The van der Waals surface area contributed by atoms with E-state index in [1.165, 1.54) is 0 Å². The number of guanidine groups is 1. The minimum atomic E-state index is 0.314. The highest BCUT2D eigenvalue weighted by Crippen LogP contribution is 2.23. The Kier molecular flexibility index (Phi) is 4.93. The molecule has 0 unspecified atom stereocenters. The first-order valence-electron chi connectivity index (χ1n) is 9.01. The molecule has 4 aromatic rings. The van der Waals surface area contributed by atoms with Gasteiger partial charge in [-0.1, -0.05) is 36.4 Å². The number of aromatic amines is 1. The average molecular weight is 371 g/mol. The van der Waals surface area contributed by atoms with E-state index in [9.17, 15) is 0 Å². The largest absolute Gasteiger partial charge is 0.457 e. The van der Waals surface area contributed by atoms with Crippen molar-refractivity contribution in [1.82, 2.24) is 9.97 Å². The van der Waals surface area contributed by atoms with Crippen LogP contribution in [0.1, 0.15) is 11.4 Å². The molecule has 0 aliphatic heterocycles. The average Bonchev–Trinajstić information content (AvgIpc) is 3.12. The van der Waals surface area contributed by atoms with Crippen molar-refractivity contribution in [3.05, 3.63) is 84.2 Å². The van der Waals surface area contributed by atoms with Crippen LogP contribution in [0, 0.1) is 6.92 Å². The summed E-state index contributed by atoms with van der Waals surface area (Å²) in [7, 11) is 0. The van der Waals surface area contributed by atoms with Crippen LogP contribution >= 0.6 is 0 Å². The summed E-state index contributed by atoms with van der Waals surface area (Å²) in [6, 6.07) is 23.2. The third kappa shape index (κ3) is 4.12. The van der Waals surface area contributed by atoms with Crippen molar-refractivity contribution in [2.45, 2.75) is 13.5 Å². The number of aromatic nitrogens is 2. The molecule has 0 aliphatic rings. The molecule has 0 aliphatic carbocycles.